The molecule has 2 heteroatoms. The third kappa shape index (κ3) is 2.66. The van der Waals surface area contributed by atoms with E-state index in [0.29, 0.717) is 5.75 Å². The zero-order valence-corrected chi connectivity index (χ0v) is 10.1. The van der Waals surface area contributed by atoms with Crippen LogP contribution in [0.4, 0.5) is 0 Å². The smallest absolute Gasteiger partial charge is 0.161 e. The minimum Gasteiger partial charge on any atom is -0.504 e. The Morgan fingerprint density at radius 2 is 2.06 bits per heavy atom. The number of hydrogen-bond donors (Lipinski definition) is 1. The van der Waals surface area contributed by atoms with Gasteiger partial charge in [0.15, 0.2) is 11.5 Å². The van der Waals surface area contributed by atoms with Crippen LogP contribution < -0.4 is 4.74 Å². The minimum absolute atomic E-state index is 0.0271. The van der Waals surface area contributed by atoms with Crippen molar-refractivity contribution in [3.63, 3.8) is 0 Å². The van der Waals surface area contributed by atoms with E-state index >= 15 is 0 Å². The molecule has 0 saturated carbocycles. The van der Waals surface area contributed by atoms with Gasteiger partial charge in [0.2, 0.25) is 0 Å². The summed E-state index contributed by atoms with van der Waals surface area (Å²) >= 11 is 0. The van der Waals surface area contributed by atoms with Gasteiger partial charge in [0.05, 0.1) is 6.10 Å². The van der Waals surface area contributed by atoms with E-state index in [1.54, 1.807) is 18.2 Å². The predicted octanol–water partition coefficient (Wildman–Crippen LogP) is 3.86. The van der Waals surface area contributed by atoms with E-state index in [1.165, 1.54) is 0 Å². The zero-order valence-electron chi connectivity index (χ0n) is 10.1. The van der Waals surface area contributed by atoms with Crippen LogP contribution in [-0.2, 0) is 0 Å². The van der Waals surface area contributed by atoms with Crippen LogP contribution in [0.3, 0.4) is 0 Å². The van der Waals surface area contributed by atoms with Gasteiger partial charge in [0.1, 0.15) is 0 Å². The molecule has 0 spiro atoms. The second kappa shape index (κ2) is 4.88. The van der Waals surface area contributed by atoms with Crippen LogP contribution in [-0.4, -0.2) is 11.2 Å². The molecule has 0 fully saturated rings. The maximum Gasteiger partial charge on any atom is 0.161 e. The number of rotatable bonds is 4. The fourth-order valence-corrected chi connectivity index (χ4v) is 1.47. The average molecular weight is 218 g/mol. The highest BCUT2D eigenvalue weighted by atomic mass is 16.5. The fraction of sp³-hybridized carbons (Fsp3) is 0.286. The van der Waals surface area contributed by atoms with E-state index in [2.05, 4.69) is 13.2 Å². The van der Waals surface area contributed by atoms with E-state index in [4.69, 9.17) is 4.74 Å². The SMILES string of the molecule is C=Cc1cc(OC(C)C)c(O)cc1C(=C)C. The number of phenols is 1. The molecule has 0 aliphatic carbocycles. The Morgan fingerprint density at radius 3 is 2.50 bits per heavy atom. The summed E-state index contributed by atoms with van der Waals surface area (Å²) in [6.07, 6.45) is 1.76. The fourth-order valence-electron chi connectivity index (χ4n) is 1.47. The largest absolute Gasteiger partial charge is 0.504 e. The van der Waals surface area contributed by atoms with Crippen molar-refractivity contribution in [3.05, 3.63) is 36.4 Å². The van der Waals surface area contributed by atoms with Crippen molar-refractivity contribution in [3.8, 4) is 11.5 Å². The van der Waals surface area contributed by atoms with Crippen molar-refractivity contribution in [1.82, 2.24) is 0 Å². The Kier molecular flexibility index (Phi) is 3.78. The highest BCUT2D eigenvalue weighted by Crippen LogP contribution is 2.33. The van der Waals surface area contributed by atoms with E-state index < -0.39 is 0 Å². The molecule has 0 bridgehead atoms. The molecule has 1 aromatic carbocycles. The predicted molar refractivity (Wildman–Crippen MR) is 68.7 cm³/mol. The topological polar surface area (TPSA) is 29.5 Å². The Morgan fingerprint density at radius 1 is 1.44 bits per heavy atom. The molecule has 0 atom stereocenters. The number of benzene rings is 1. The van der Waals surface area contributed by atoms with E-state index in [9.17, 15) is 5.11 Å². The van der Waals surface area contributed by atoms with Gasteiger partial charge in [-0.05, 0) is 44.0 Å². The Bertz CT molecular complexity index is 417. The van der Waals surface area contributed by atoms with Gasteiger partial charge in [-0.2, -0.15) is 0 Å². The van der Waals surface area contributed by atoms with Gasteiger partial charge in [-0.15, -0.1) is 0 Å². The quantitative estimate of drug-likeness (QED) is 0.831. The number of ether oxygens (including phenoxy) is 1. The number of hydrogen-bond acceptors (Lipinski definition) is 2. The maximum absolute atomic E-state index is 9.81. The summed E-state index contributed by atoms with van der Waals surface area (Å²) < 4.78 is 5.49. The van der Waals surface area contributed by atoms with Crippen LogP contribution in [0, 0.1) is 0 Å². The van der Waals surface area contributed by atoms with Gasteiger partial charge in [-0.1, -0.05) is 24.8 Å². The van der Waals surface area contributed by atoms with Crippen molar-refractivity contribution >= 4 is 11.6 Å². The first kappa shape index (κ1) is 12.4. The molecular formula is C14H18O2. The summed E-state index contributed by atoms with van der Waals surface area (Å²) in [6, 6.07) is 3.45. The molecule has 16 heavy (non-hydrogen) atoms. The van der Waals surface area contributed by atoms with Crippen LogP contribution in [0.1, 0.15) is 31.9 Å². The lowest BCUT2D eigenvalue weighted by Gasteiger charge is -2.14. The minimum atomic E-state index is 0.0271. The Labute approximate surface area is 96.9 Å². The summed E-state index contributed by atoms with van der Waals surface area (Å²) in [7, 11) is 0. The summed E-state index contributed by atoms with van der Waals surface area (Å²) in [5.74, 6) is 0.618. The third-order valence-corrected chi connectivity index (χ3v) is 2.17. The molecule has 2 nitrogen and oxygen atoms in total. The highest BCUT2D eigenvalue weighted by Gasteiger charge is 2.10. The highest BCUT2D eigenvalue weighted by molar-refractivity contribution is 5.74. The van der Waals surface area contributed by atoms with Gasteiger partial charge in [0, 0.05) is 0 Å². The van der Waals surface area contributed by atoms with Gasteiger partial charge in [0.25, 0.3) is 0 Å². The number of allylic oxidation sites excluding steroid dienone is 1. The Balaban J connectivity index is 3.25. The van der Waals surface area contributed by atoms with Crippen LogP contribution in [0.5, 0.6) is 11.5 Å². The van der Waals surface area contributed by atoms with Crippen molar-refractivity contribution in [2.75, 3.05) is 0 Å². The van der Waals surface area contributed by atoms with E-state index in [1.807, 2.05) is 20.8 Å². The standard InChI is InChI=1S/C14H18O2/c1-6-11-7-14(16-10(4)5)13(15)8-12(11)9(2)3/h6-8,10,15H,1-2H2,3-5H3. The molecule has 0 saturated heterocycles. The molecule has 0 aliphatic rings. The molecule has 1 N–H and O–H groups in total. The van der Waals surface area contributed by atoms with Crippen molar-refractivity contribution in [2.24, 2.45) is 0 Å². The Hall–Kier alpha value is -1.70. The third-order valence-electron chi connectivity index (χ3n) is 2.17. The van der Waals surface area contributed by atoms with Gasteiger partial charge < -0.3 is 9.84 Å². The lowest BCUT2D eigenvalue weighted by Crippen LogP contribution is -2.06. The second-order valence-electron chi connectivity index (χ2n) is 4.06. The van der Waals surface area contributed by atoms with Crippen molar-refractivity contribution in [2.45, 2.75) is 26.9 Å². The lowest BCUT2D eigenvalue weighted by molar-refractivity contribution is 0.232. The van der Waals surface area contributed by atoms with Crippen LogP contribution in [0.2, 0.25) is 0 Å². The summed E-state index contributed by atoms with van der Waals surface area (Å²) in [4.78, 5) is 0. The lowest BCUT2D eigenvalue weighted by atomic mass is 10.0. The molecule has 86 valence electrons. The van der Waals surface area contributed by atoms with Gasteiger partial charge in [-0.3, -0.25) is 0 Å². The van der Waals surface area contributed by atoms with Crippen LogP contribution in [0.15, 0.2) is 25.3 Å². The first-order chi connectivity index (χ1) is 7.45. The monoisotopic (exact) mass is 218 g/mol. The first-order valence-corrected chi connectivity index (χ1v) is 5.27. The normalized spacial score (nSPS) is 10.2. The molecule has 0 radical (unpaired) electrons. The molecule has 1 rings (SSSR count). The van der Waals surface area contributed by atoms with Crippen LogP contribution in [0.25, 0.3) is 11.6 Å². The number of phenolic OH excluding ortho intramolecular Hbond substituents is 1. The van der Waals surface area contributed by atoms with Gasteiger partial charge >= 0.3 is 0 Å². The molecule has 0 aromatic heterocycles. The molecular weight excluding hydrogens is 200 g/mol. The molecule has 1 aromatic rings. The molecule has 0 unspecified atom stereocenters. The second-order valence-corrected chi connectivity index (χ2v) is 4.06. The van der Waals surface area contributed by atoms with E-state index in [0.717, 1.165) is 16.7 Å². The summed E-state index contributed by atoms with van der Waals surface area (Å²) in [5.41, 5.74) is 2.70. The summed E-state index contributed by atoms with van der Waals surface area (Å²) in [5, 5.41) is 9.81. The molecule has 0 aliphatic heterocycles. The maximum atomic E-state index is 9.81. The summed E-state index contributed by atoms with van der Waals surface area (Å²) in [6.45, 7) is 13.3. The molecule has 0 amide bonds. The van der Waals surface area contributed by atoms with Gasteiger partial charge in [-0.25, -0.2) is 0 Å². The van der Waals surface area contributed by atoms with E-state index in [-0.39, 0.29) is 11.9 Å². The molecule has 0 heterocycles. The van der Waals surface area contributed by atoms with Crippen molar-refractivity contribution in [1.29, 1.82) is 0 Å². The van der Waals surface area contributed by atoms with Crippen molar-refractivity contribution < 1.29 is 9.84 Å². The van der Waals surface area contributed by atoms with Crippen LogP contribution >= 0.6 is 0 Å². The average Bonchev–Trinajstić information content (AvgIpc) is 2.19. The number of aromatic hydroxyl groups is 1. The zero-order chi connectivity index (χ0) is 12.3. The first-order valence-electron chi connectivity index (χ1n) is 5.27.